The zero-order valence-electron chi connectivity index (χ0n) is 10.8. The standard InChI is InChI=1S/C14H16O5/c1-9(15)10-2-11(18-13-5-16-6-13)4-12(3-10)19-14-7-17-8-14/h2-4,13-14H,5-8H2,1H3. The van der Waals surface area contributed by atoms with Gasteiger partial charge in [0.05, 0.1) is 26.4 Å². The van der Waals surface area contributed by atoms with Crippen molar-refractivity contribution in [1.82, 2.24) is 0 Å². The van der Waals surface area contributed by atoms with Gasteiger partial charge in [0.1, 0.15) is 23.7 Å². The molecule has 19 heavy (non-hydrogen) atoms. The van der Waals surface area contributed by atoms with E-state index in [4.69, 9.17) is 18.9 Å². The summed E-state index contributed by atoms with van der Waals surface area (Å²) in [5.74, 6) is 1.29. The predicted octanol–water partition coefficient (Wildman–Crippen LogP) is 1.44. The van der Waals surface area contributed by atoms with E-state index in [9.17, 15) is 4.79 Å². The number of ether oxygens (including phenoxy) is 4. The minimum absolute atomic E-state index is 0.00924. The van der Waals surface area contributed by atoms with Crippen LogP contribution >= 0.6 is 0 Å². The van der Waals surface area contributed by atoms with Crippen molar-refractivity contribution >= 4 is 5.78 Å². The van der Waals surface area contributed by atoms with Crippen LogP contribution < -0.4 is 9.47 Å². The van der Waals surface area contributed by atoms with Gasteiger partial charge in [-0.15, -0.1) is 0 Å². The summed E-state index contributed by atoms with van der Waals surface area (Å²) in [7, 11) is 0. The lowest BCUT2D eigenvalue weighted by Crippen LogP contribution is -2.39. The highest BCUT2D eigenvalue weighted by Crippen LogP contribution is 2.27. The fourth-order valence-corrected chi connectivity index (χ4v) is 1.86. The summed E-state index contributed by atoms with van der Waals surface area (Å²) < 4.78 is 21.6. The van der Waals surface area contributed by atoms with E-state index in [0.717, 1.165) is 0 Å². The Labute approximate surface area is 111 Å². The third kappa shape index (κ3) is 2.88. The molecule has 5 nitrogen and oxygen atoms in total. The van der Waals surface area contributed by atoms with Gasteiger partial charge in [-0.25, -0.2) is 0 Å². The van der Waals surface area contributed by atoms with Gasteiger partial charge in [-0.2, -0.15) is 0 Å². The highest BCUT2D eigenvalue weighted by Gasteiger charge is 2.23. The molecule has 0 saturated carbocycles. The molecule has 2 heterocycles. The van der Waals surface area contributed by atoms with Crippen molar-refractivity contribution in [3.8, 4) is 11.5 Å². The number of hydrogen-bond acceptors (Lipinski definition) is 5. The molecule has 1 aromatic carbocycles. The van der Waals surface area contributed by atoms with E-state index >= 15 is 0 Å². The second-order valence-corrected chi connectivity index (χ2v) is 4.80. The first-order chi connectivity index (χ1) is 9.20. The fourth-order valence-electron chi connectivity index (χ4n) is 1.86. The van der Waals surface area contributed by atoms with Crippen LogP contribution in [0.2, 0.25) is 0 Å². The first-order valence-corrected chi connectivity index (χ1v) is 6.35. The van der Waals surface area contributed by atoms with Crippen LogP contribution in [0, 0.1) is 0 Å². The highest BCUT2D eigenvalue weighted by molar-refractivity contribution is 5.94. The van der Waals surface area contributed by atoms with Crippen molar-refractivity contribution in [3.63, 3.8) is 0 Å². The molecular weight excluding hydrogens is 248 g/mol. The quantitative estimate of drug-likeness (QED) is 0.753. The summed E-state index contributed by atoms with van der Waals surface area (Å²) in [6, 6.07) is 5.29. The molecule has 0 unspecified atom stereocenters. The Balaban J connectivity index is 1.78. The molecule has 0 N–H and O–H groups in total. The predicted molar refractivity (Wildman–Crippen MR) is 66.9 cm³/mol. The first kappa shape index (κ1) is 12.4. The molecule has 3 rings (SSSR count). The van der Waals surface area contributed by atoms with Crippen LogP contribution in [-0.2, 0) is 9.47 Å². The summed E-state index contributed by atoms with van der Waals surface area (Å²) in [4.78, 5) is 11.5. The molecule has 0 aliphatic carbocycles. The second-order valence-electron chi connectivity index (χ2n) is 4.80. The van der Waals surface area contributed by atoms with E-state index in [1.54, 1.807) is 12.1 Å². The van der Waals surface area contributed by atoms with E-state index in [1.807, 2.05) is 6.07 Å². The number of hydrogen-bond donors (Lipinski definition) is 0. The molecule has 0 amide bonds. The summed E-state index contributed by atoms with van der Waals surface area (Å²) >= 11 is 0. The van der Waals surface area contributed by atoms with Crippen LogP contribution in [0.4, 0.5) is 0 Å². The average Bonchev–Trinajstić information content (AvgIpc) is 2.28. The topological polar surface area (TPSA) is 54.0 Å². The molecule has 2 saturated heterocycles. The van der Waals surface area contributed by atoms with E-state index in [0.29, 0.717) is 43.5 Å². The smallest absolute Gasteiger partial charge is 0.160 e. The molecule has 2 aliphatic heterocycles. The number of carbonyl (C=O) groups excluding carboxylic acids is 1. The van der Waals surface area contributed by atoms with Crippen LogP contribution in [0.3, 0.4) is 0 Å². The minimum Gasteiger partial charge on any atom is -0.485 e. The molecule has 2 fully saturated rings. The molecule has 1 aromatic rings. The minimum atomic E-state index is -0.00924. The molecule has 102 valence electrons. The van der Waals surface area contributed by atoms with Crippen LogP contribution in [0.25, 0.3) is 0 Å². The van der Waals surface area contributed by atoms with Crippen LogP contribution in [0.1, 0.15) is 17.3 Å². The van der Waals surface area contributed by atoms with Crippen LogP contribution in [0.5, 0.6) is 11.5 Å². The Morgan fingerprint density at radius 3 is 1.79 bits per heavy atom. The maximum atomic E-state index is 11.5. The average molecular weight is 264 g/mol. The van der Waals surface area contributed by atoms with Gasteiger partial charge in [0, 0.05) is 11.6 Å². The summed E-state index contributed by atoms with van der Waals surface area (Å²) in [5, 5.41) is 0. The Morgan fingerprint density at radius 2 is 1.47 bits per heavy atom. The number of carbonyl (C=O) groups is 1. The van der Waals surface area contributed by atoms with Gasteiger partial charge in [0.2, 0.25) is 0 Å². The summed E-state index contributed by atoms with van der Waals surface area (Å²) in [5.41, 5.74) is 0.591. The normalized spacial score (nSPS) is 19.4. The van der Waals surface area contributed by atoms with Gasteiger partial charge in [-0.3, -0.25) is 4.79 Å². The van der Waals surface area contributed by atoms with E-state index in [-0.39, 0.29) is 18.0 Å². The summed E-state index contributed by atoms with van der Waals surface area (Å²) in [6.45, 7) is 3.91. The highest BCUT2D eigenvalue weighted by atomic mass is 16.6. The van der Waals surface area contributed by atoms with Gasteiger partial charge in [-0.1, -0.05) is 0 Å². The molecule has 2 aliphatic rings. The molecule has 0 bridgehead atoms. The SMILES string of the molecule is CC(=O)c1cc(OC2COC2)cc(OC2COC2)c1. The van der Waals surface area contributed by atoms with E-state index in [2.05, 4.69) is 0 Å². The maximum Gasteiger partial charge on any atom is 0.160 e. The molecule has 0 aromatic heterocycles. The van der Waals surface area contributed by atoms with Gasteiger partial charge in [-0.05, 0) is 19.1 Å². The lowest BCUT2D eigenvalue weighted by molar-refractivity contribution is -0.0825. The zero-order chi connectivity index (χ0) is 13.2. The largest absolute Gasteiger partial charge is 0.485 e. The van der Waals surface area contributed by atoms with Crippen molar-refractivity contribution in [3.05, 3.63) is 23.8 Å². The Kier molecular flexibility index (Phi) is 3.40. The third-order valence-corrected chi connectivity index (χ3v) is 3.11. The number of ketones is 1. The maximum absolute atomic E-state index is 11.5. The van der Waals surface area contributed by atoms with Crippen molar-refractivity contribution in [2.24, 2.45) is 0 Å². The molecule has 0 atom stereocenters. The van der Waals surface area contributed by atoms with Gasteiger partial charge < -0.3 is 18.9 Å². The second kappa shape index (κ2) is 5.19. The van der Waals surface area contributed by atoms with Crippen LogP contribution in [0.15, 0.2) is 18.2 Å². The van der Waals surface area contributed by atoms with Crippen molar-refractivity contribution in [1.29, 1.82) is 0 Å². The monoisotopic (exact) mass is 264 g/mol. The van der Waals surface area contributed by atoms with Gasteiger partial charge in [0.25, 0.3) is 0 Å². The molecule has 5 heteroatoms. The van der Waals surface area contributed by atoms with E-state index < -0.39 is 0 Å². The van der Waals surface area contributed by atoms with Gasteiger partial charge >= 0.3 is 0 Å². The number of rotatable bonds is 5. The van der Waals surface area contributed by atoms with Crippen molar-refractivity contribution < 1.29 is 23.7 Å². The Bertz CT molecular complexity index is 442. The van der Waals surface area contributed by atoms with Gasteiger partial charge in [0.15, 0.2) is 5.78 Å². The Hall–Kier alpha value is -1.59. The zero-order valence-corrected chi connectivity index (χ0v) is 10.8. The van der Waals surface area contributed by atoms with Crippen LogP contribution in [-0.4, -0.2) is 44.4 Å². The first-order valence-electron chi connectivity index (χ1n) is 6.35. The van der Waals surface area contributed by atoms with Crippen molar-refractivity contribution in [2.75, 3.05) is 26.4 Å². The Morgan fingerprint density at radius 1 is 1.00 bits per heavy atom. The lowest BCUT2D eigenvalue weighted by atomic mass is 10.1. The lowest BCUT2D eigenvalue weighted by Gasteiger charge is -2.28. The third-order valence-electron chi connectivity index (χ3n) is 3.11. The molecule has 0 spiro atoms. The summed E-state index contributed by atoms with van der Waals surface area (Å²) in [6.07, 6.45) is 0.143. The number of benzene rings is 1. The number of Topliss-reactive ketones (excluding diaryl/α,β-unsaturated/α-hetero) is 1. The molecular formula is C14H16O5. The van der Waals surface area contributed by atoms with Crippen molar-refractivity contribution in [2.45, 2.75) is 19.1 Å². The fraction of sp³-hybridized carbons (Fsp3) is 0.500. The van der Waals surface area contributed by atoms with E-state index in [1.165, 1.54) is 6.92 Å². The molecule has 0 radical (unpaired) electrons.